The standard InChI is InChI=1S/C18H25IO2/c1-4-5-13-9-16(20)18(17(21)10-13)15-8-11(2)6-7-14(15)12(3)19/h8-10,12,14-15,20-21H,4-7H2,1-3H3. The van der Waals surface area contributed by atoms with Crippen LogP contribution < -0.4 is 0 Å². The SMILES string of the molecule is CCCc1cc(O)c(C2C=C(C)CCC2C(C)I)c(O)c1. The molecule has 0 saturated heterocycles. The van der Waals surface area contributed by atoms with Crippen molar-refractivity contribution in [1.29, 1.82) is 0 Å². The molecule has 0 aromatic heterocycles. The Labute approximate surface area is 141 Å². The van der Waals surface area contributed by atoms with Gasteiger partial charge in [-0.15, -0.1) is 0 Å². The van der Waals surface area contributed by atoms with Crippen molar-refractivity contribution in [3.8, 4) is 11.5 Å². The number of phenols is 2. The summed E-state index contributed by atoms with van der Waals surface area (Å²) in [5.74, 6) is 1.07. The summed E-state index contributed by atoms with van der Waals surface area (Å²) in [5.41, 5.74) is 3.07. The van der Waals surface area contributed by atoms with E-state index in [2.05, 4.69) is 49.4 Å². The van der Waals surface area contributed by atoms with E-state index in [9.17, 15) is 10.2 Å². The van der Waals surface area contributed by atoms with E-state index in [1.807, 2.05) is 12.1 Å². The van der Waals surface area contributed by atoms with Crippen LogP contribution in [0.2, 0.25) is 0 Å². The largest absolute Gasteiger partial charge is 0.507 e. The Bertz CT molecular complexity index is 511. The molecule has 2 nitrogen and oxygen atoms in total. The number of halogens is 1. The molecule has 0 heterocycles. The van der Waals surface area contributed by atoms with Gasteiger partial charge in [0.05, 0.1) is 0 Å². The number of phenolic OH excluding ortho intramolecular Hbond substituents is 2. The topological polar surface area (TPSA) is 40.5 Å². The van der Waals surface area contributed by atoms with Crippen molar-refractivity contribution in [2.75, 3.05) is 0 Å². The summed E-state index contributed by atoms with van der Waals surface area (Å²) in [5, 5.41) is 20.9. The Balaban J connectivity index is 2.45. The van der Waals surface area contributed by atoms with Crippen LogP contribution in [0.15, 0.2) is 23.8 Å². The lowest BCUT2D eigenvalue weighted by molar-refractivity contribution is 0.384. The maximum atomic E-state index is 10.4. The Morgan fingerprint density at radius 3 is 2.43 bits per heavy atom. The molecule has 1 aromatic carbocycles. The van der Waals surface area contributed by atoms with Gasteiger partial charge in [-0.2, -0.15) is 0 Å². The Hall–Kier alpha value is -0.710. The van der Waals surface area contributed by atoms with Crippen LogP contribution in [0.25, 0.3) is 0 Å². The zero-order valence-electron chi connectivity index (χ0n) is 13.1. The average Bonchev–Trinajstić information content (AvgIpc) is 2.38. The third kappa shape index (κ3) is 3.74. The van der Waals surface area contributed by atoms with Crippen LogP contribution in [0.5, 0.6) is 11.5 Å². The Kier molecular flexibility index (Phi) is 5.58. The highest BCUT2D eigenvalue weighted by atomic mass is 127. The molecule has 0 radical (unpaired) electrons. The molecule has 0 saturated carbocycles. The summed E-state index contributed by atoms with van der Waals surface area (Å²) in [7, 11) is 0. The van der Waals surface area contributed by atoms with E-state index >= 15 is 0 Å². The van der Waals surface area contributed by atoms with Gasteiger partial charge in [-0.05, 0) is 49.8 Å². The molecule has 0 fully saturated rings. The zero-order valence-corrected chi connectivity index (χ0v) is 15.2. The van der Waals surface area contributed by atoms with Crippen LogP contribution in [0, 0.1) is 5.92 Å². The molecule has 2 rings (SSSR count). The molecule has 0 aliphatic heterocycles. The first-order chi connectivity index (χ1) is 9.93. The molecule has 0 amide bonds. The molecular formula is C18H25IO2. The maximum Gasteiger partial charge on any atom is 0.123 e. The highest BCUT2D eigenvalue weighted by Gasteiger charge is 2.32. The number of alkyl halides is 1. The third-order valence-corrected chi connectivity index (χ3v) is 5.38. The summed E-state index contributed by atoms with van der Waals surface area (Å²) in [6, 6.07) is 3.65. The fourth-order valence-electron chi connectivity index (χ4n) is 3.35. The van der Waals surface area contributed by atoms with Crippen molar-refractivity contribution in [2.45, 2.75) is 56.3 Å². The summed E-state index contributed by atoms with van der Waals surface area (Å²) in [4.78, 5) is 0. The molecule has 2 N–H and O–H groups in total. The summed E-state index contributed by atoms with van der Waals surface area (Å²) in [6.07, 6.45) is 6.36. The van der Waals surface area contributed by atoms with E-state index < -0.39 is 0 Å². The first-order valence-electron chi connectivity index (χ1n) is 7.80. The van der Waals surface area contributed by atoms with Crippen LogP contribution in [0.3, 0.4) is 0 Å². The molecule has 3 heteroatoms. The molecule has 21 heavy (non-hydrogen) atoms. The minimum absolute atomic E-state index is 0.112. The second-order valence-electron chi connectivity index (χ2n) is 6.22. The minimum atomic E-state index is 0.112. The first kappa shape index (κ1) is 16.7. The quantitative estimate of drug-likeness (QED) is 0.408. The van der Waals surface area contributed by atoms with Crippen molar-refractivity contribution in [3.05, 3.63) is 34.9 Å². The lowest BCUT2D eigenvalue weighted by Gasteiger charge is -2.33. The number of hydrogen-bond donors (Lipinski definition) is 2. The van der Waals surface area contributed by atoms with Gasteiger partial charge in [-0.25, -0.2) is 0 Å². The van der Waals surface area contributed by atoms with Crippen molar-refractivity contribution in [3.63, 3.8) is 0 Å². The monoisotopic (exact) mass is 400 g/mol. The third-order valence-electron chi connectivity index (χ3n) is 4.46. The number of rotatable bonds is 4. The highest BCUT2D eigenvalue weighted by Crippen LogP contribution is 2.46. The van der Waals surface area contributed by atoms with Crippen LogP contribution >= 0.6 is 22.6 Å². The zero-order chi connectivity index (χ0) is 15.6. The van der Waals surface area contributed by atoms with Crippen LogP contribution in [0.1, 0.15) is 57.1 Å². The summed E-state index contributed by atoms with van der Waals surface area (Å²) in [6.45, 7) is 6.45. The fourth-order valence-corrected chi connectivity index (χ4v) is 4.16. The van der Waals surface area contributed by atoms with Crippen molar-refractivity contribution >= 4 is 22.6 Å². The van der Waals surface area contributed by atoms with Gasteiger partial charge >= 0.3 is 0 Å². The number of aryl methyl sites for hydroxylation is 1. The molecule has 1 aliphatic carbocycles. The van der Waals surface area contributed by atoms with Crippen molar-refractivity contribution < 1.29 is 10.2 Å². The second-order valence-corrected chi connectivity index (χ2v) is 8.18. The number of aromatic hydroxyl groups is 2. The Morgan fingerprint density at radius 2 is 1.90 bits per heavy atom. The van der Waals surface area contributed by atoms with E-state index in [1.165, 1.54) is 5.57 Å². The summed E-state index contributed by atoms with van der Waals surface area (Å²) < 4.78 is 0.506. The normalized spacial score (nSPS) is 23.7. The van der Waals surface area contributed by atoms with Gasteiger partial charge < -0.3 is 10.2 Å². The van der Waals surface area contributed by atoms with Gasteiger partial charge in [-0.3, -0.25) is 0 Å². The number of hydrogen-bond acceptors (Lipinski definition) is 2. The van der Waals surface area contributed by atoms with Gasteiger partial charge in [0.1, 0.15) is 11.5 Å². The van der Waals surface area contributed by atoms with E-state index in [4.69, 9.17) is 0 Å². The van der Waals surface area contributed by atoms with Gasteiger partial charge in [0.2, 0.25) is 0 Å². The lowest BCUT2D eigenvalue weighted by Crippen LogP contribution is -2.22. The molecule has 1 aliphatic rings. The lowest BCUT2D eigenvalue weighted by atomic mass is 9.75. The molecular weight excluding hydrogens is 375 g/mol. The molecule has 0 spiro atoms. The van der Waals surface area contributed by atoms with E-state index in [1.54, 1.807) is 0 Å². The smallest absolute Gasteiger partial charge is 0.123 e. The molecule has 3 atom stereocenters. The average molecular weight is 400 g/mol. The Morgan fingerprint density at radius 1 is 1.29 bits per heavy atom. The van der Waals surface area contributed by atoms with E-state index in [0.717, 1.165) is 31.2 Å². The van der Waals surface area contributed by atoms with E-state index in [-0.39, 0.29) is 17.4 Å². The predicted octanol–water partition coefficient (Wildman–Crippen LogP) is 5.31. The van der Waals surface area contributed by atoms with Crippen molar-refractivity contribution in [2.24, 2.45) is 5.92 Å². The van der Waals surface area contributed by atoms with Gasteiger partial charge in [0, 0.05) is 15.4 Å². The fraction of sp³-hybridized carbons (Fsp3) is 0.556. The predicted molar refractivity (Wildman–Crippen MR) is 96.5 cm³/mol. The van der Waals surface area contributed by atoms with Crippen molar-refractivity contribution in [1.82, 2.24) is 0 Å². The number of allylic oxidation sites excluding steroid dienone is 2. The van der Waals surface area contributed by atoms with Gasteiger partial charge in [-0.1, -0.05) is 54.5 Å². The summed E-state index contributed by atoms with van der Waals surface area (Å²) >= 11 is 2.46. The van der Waals surface area contributed by atoms with Crippen LogP contribution in [0.4, 0.5) is 0 Å². The molecule has 0 bridgehead atoms. The number of benzene rings is 1. The highest BCUT2D eigenvalue weighted by molar-refractivity contribution is 14.1. The molecule has 3 unspecified atom stereocenters. The molecule has 1 aromatic rings. The van der Waals surface area contributed by atoms with Gasteiger partial charge in [0.25, 0.3) is 0 Å². The molecule has 116 valence electrons. The first-order valence-corrected chi connectivity index (χ1v) is 9.04. The van der Waals surface area contributed by atoms with Gasteiger partial charge in [0.15, 0.2) is 0 Å². The van der Waals surface area contributed by atoms with Crippen LogP contribution in [-0.4, -0.2) is 14.1 Å². The maximum absolute atomic E-state index is 10.4. The second kappa shape index (κ2) is 7.03. The van der Waals surface area contributed by atoms with Crippen LogP contribution in [-0.2, 0) is 6.42 Å². The van der Waals surface area contributed by atoms with E-state index in [0.29, 0.717) is 15.4 Å². The minimum Gasteiger partial charge on any atom is -0.507 e.